The molecule has 0 fully saturated rings. The van der Waals surface area contributed by atoms with Gasteiger partial charge in [0.05, 0.1) is 42.2 Å². The first-order valence-corrected chi connectivity index (χ1v) is 14.3. The number of hydrogen-bond acceptors (Lipinski definition) is 7. The van der Waals surface area contributed by atoms with E-state index in [1.165, 1.54) is 22.1 Å². The van der Waals surface area contributed by atoms with Crippen LogP contribution in [0.15, 0.2) is 79.9 Å². The Hall–Kier alpha value is -4.90. The zero-order valence-electron chi connectivity index (χ0n) is 21.9. The molecule has 8 rings (SSSR count). The summed E-state index contributed by atoms with van der Waals surface area (Å²) in [6.45, 7) is 2.12. The van der Waals surface area contributed by atoms with E-state index in [9.17, 15) is 4.39 Å². The van der Waals surface area contributed by atoms with Crippen LogP contribution in [0.5, 0.6) is 0 Å². The van der Waals surface area contributed by atoms with Crippen molar-refractivity contribution in [3.05, 3.63) is 103 Å². The number of fused-ring (bicyclic) bond motifs is 6. The van der Waals surface area contributed by atoms with Crippen molar-refractivity contribution in [2.75, 3.05) is 5.32 Å². The van der Waals surface area contributed by atoms with E-state index in [0.717, 1.165) is 69.8 Å². The Balaban J connectivity index is 1.08. The molecule has 0 bridgehead atoms. The van der Waals surface area contributed by atoms with E-state index in [-0.39, 0.29) is 5.82 Å². The van der Waals surface area contributed by atoms with E-state index >= 15 is 0 Å². The van der Waals surface area contributed by atoms with Crippen molar-refractivity contribution < 1.29 is 4.39 Å². The molecule has 2 aromatic carbocycles. The highest BCUT2D eigenvalue weighted by molar-refractivity contribution is 7.22. The highest BCUT2D eigenvalue weighted by atomic mass is 32.1. The van der Waals surface area contributed by atoms with Crippen LogP contribution in [-0.2, 0) is 32.5 Å². The van der Waals surface area contributed by atoms with Crippen LogP contribution >= 0.6 is 11.3 Å². The van der Waals surface area contributed by atoms with Crippen LogP contribution in [0.4, 0.5) is 15.9 Å². The number of hydrogen-bond donors (Lipinski definition) is 1. The maximum Gasteiger partial charge on any atom is 0.142 e. The van der Waals surface area contributed by atoms with Gasteiger partial charge in [0.25, 0.3) is 0 Å². The Labute approximate surface area is 237 Å². The summed E-state index contributed by atoms with van der Waals surface area (Å²) in [7, 11) is 0. The van der Waals surface area contributed by atoms with Crippen LogP contribution in [0.3, 0.4) is 0 Å². The second kappa shape index (κ2) is 9.63. The Bertz CT molecular complexity index is 2040. The minimum atomic E-state index is -0.243. The summed E-state index contributed by atoms with van der Waals surface area (Å²) < 4.78 is 19.7. The average molecular weight is 562 g/mol. The number of rotatable bonds is 7. The van der Waals surface area contributed by atoms with Gasteiger partial charge in [-0.05, 0) is 54.3 Å². The molecule has 0 spiro atoms. The molecule has 0 aliphatic heterocycles. The number of benzene rings is 2. The Morgan fingerprint density at radius 2 is 2.02 bits per heavy atom. The normalized spacial score (nSPS) is 12.6. The fourth-order valence-electron chi connectivity index (χ4n) is 5.61. The first-order chi connectivity index (χ1) is 20.2. The van der Waals surface area contributed by atoms with E-state index in [1.54, 1.807) is 36.0 Å². The van der Waals surface area contributed by atoms with Crippen molar-refractivity contribution >= 4 is 44.0 Å². The fourth-order valence-corrected chi connectivity index (χ4v) is 6.83. The molecule has 202 valence electrons. The smallest absolute Gasteiger partial charge is 0.142 e. The van der Waals surface area contributed by atoms with Gasteiger partial charge in [-0.1, -0.05) is 12.1 Å². The maximum atomic E-state index is 13.7. The molecule has 0 unspecified atom stereocenters. The van der Waals surface area contributed by atoms with Gasteiger partial charge in [0.2, 0.25) is 0 Å². The lowest BCUT2D eigenvalue weighted by molar-refractivity contribution is 0.528. The largest absolute Gasteiger partial charge is 0.340 e. The molecule has 7 aromatic rings. The zero-order chi connectivity index (χ0) is 27.3. The average Bonchev–Trinajstić information content (AvgIpc) is 3.77. The molecule has 11 heteroatoms. The Morgan fingerprint density at radius 3 is 2.93 bits per heavy atom. The Morgan fingerprint density at radius 1 is 1.05 bits per heavy atom. The number of nitrogens with zero attached hydrogens (tertiary/aromatic N) is 8. The van der Waals surface area contributed by atoms with Gasteiger partial charge in [-0.15, -0.1) is 11.3 Å². The number of nitrogens with one attached hydrogen (secondary N) is 1. The second-order valence-electron chi connectivity index (χ2n) is 10.2. The summed E-state index contributed by atoms with van der Waals surface area (Å²) in [6.07, 6.45) is 13.0. The summed E-state index contributed by atoms with van der Waals surface area (Å²) in [5.74, 6) is 0.558. The molecule has 9 nitrogen and oxygen atoms in total. The Kier molecular flexibility index (Phi) is 5.62. The number of aromatic nitrogens is 8. The zero-order valence-corrected chi connectivity index (χ0v) is 22.7. The van der Waals surface area contributed by atoms with Crippen LogP contribution in [0.25, 0.3) is 31.6 Å². The molecular formula is C30H24FN9S. The topological polar surface area (TPSA) is 91.3 Å². The minimum Gasteiger partial charge on any atom is -0.340 e. The lowest BCUT2D eigenvalue weighted by atomic mass is 9.95. The molecule has 41 heavy (non-hydrogen) atoms. The van der Waals surface area contributed by atoms with Gasteiger partial charge in [0, 0.05) is 46.6 Å². The second-order valence-corrected chi connectivity index (χ2v) is 11.2. The quantitative estimate of drug-likeness (QED) is 0.263. The van der Waals surface area contributed by atoms with Gasteiger partial charge < -0.3 is 9.88 Å². The van der Waals surface area contributed by atoms with Gasteiger partial charge in [0.15, 0.2) is 0 Å². The summed E-state index contributed by atoms with van der Waals surface area (Å²) in [6, 6.07) is 12.8. The predicted molar refractivity (Wildman–Crippen MR) is 157 cm³/mol. The van der Waals surface area contributed by atoms with Gasteiger partial charge in [-0.25, -0.2) is 19.3 Å². The fraction of sp³-hybridized carbons (Fsp3) is 0.167. The third-order valence-electron chi connectivity index (χ3n) is 7.55. The first-order valence-electron chi connectivity index (χ1n) is 13.4. The summed E-state index contributed by atoms with van der Waals surface area (Å²) in [5, 5.41) is 15.0. The minimum absolute atomic E-state index is 0.243. The van der Waals surface area contributed by atoms with Crippen molar-refractivity contribution in [3.8, 4) is 10.4 Å². The summed E-state index contributed by atoms with van der Waals surface area (Å²) >= 11 is 1.70. The molecule has 1 aliphatic rings. The van der Waals surface area contributed by atoms with Crippen molar-refractivity contribution in [2.45, 2.75) is 32.5 Å². The summed E-state index contributed by atoms with van der Waals surface area (Å²) in [5.41, 5.74) is 6.38. The van der Waals surface area contributed by atoms with Gasteiger partial charge in [-0.2, -0.15) is 10.2 Å². The van der Waals surface area contributed by atoms with Crippen LogP contribution < -0.4 is 5.32 Å². The van der Waals surface area contributed by atoms with Crippen molar-refractivity contribution in [3.63, 3.8) is 0 Å². The molecule has 1 aliphatic carbocycles. The highest BCUT2D eigenvalue weighted by Crippen LogP contribution is 2.45. The molecule has 5 heterocycles. The van der Waals surface area contributed by atoms with Crippen molar-refractivity contribution in [2.24, 2.45) is 0 Å². The van der Waals surface area contributed by atoms with E-state index in [1.807, 2.05) is 46.3 Å². The highest BCUT2D eigenvalue weighted by Gasteiger charge is 2.26. The standard InChI is InChI=1S/C30H24FN9S/c31-21-3-1-2-19(12-21)15-40-26-7-4-22(13-20(26)14-35-40)36-29-27-23-5-6-25-24(28(23)41-30(27)34-17-33-29)16-39(37-25)11-10-38-9-8-32-18-38/h1-4,7-9,12-14,16-18H,5-6,10-11,15H2,(H,33,34,36). The third-order valence-corrected chi connectivity index (χ3v) is 8.73. The maximum absolute atomic E-state index is 13.7. The molecule has 0 amide bonds. The van der Waals surface area contributed by atoms with Crippen LogP contribution in [0, 0.1) is 5.82 Å². The van der Waals surface area contributed by atoms with Crippen molar-refractivity contribution in [1.29, 1.82) is 0 Å². The van der Waals surface area contributed by atoms with E-state index in [4.69, 9.17) is 5.10 Å². The van der Waals surface area contributed by atoms with Crippen molar-refractivity contribution in [1.82, 2.24) is 39.1 Å². The monoisotopic (exact) mass is 561 g/mol. The molecule has 0 saturated carbocycles. The lowest BCUT2D eigenvalue weighted by Crippen LogP contribution is -2.07. The molecular weight excluding hydrogens is 537 g/mol. The van der Waals surface area contributed by atoms with Crippen LogP contribution in [0.2, 0.25) is 0 Å². The molecule has 0 saturated heterocycles. The number of anilines is 2. The van der Waals surface area contributed by atoms with E-state index < -0.39 is 0 Å². The first kappa shape index (κ1) is 23.9. The number of imidazole rings is 1. The SMILES string of the molecule is Fc1cccc(Cn2ncc3cc(Nc4ncnc5sc6c(c45)CCc4nn(CCn5ccnc5)cc4-6)ccc32)c1. The van der Waals surface area contributed by atoms with E-state index in [2.05, 4.69) is 42.2 Å². The number of aryl methyl sites for hydroxylation is 4. The molecule has 1 N–H and O–H groups in total. The van der Waals surface area contributed by atoms with Crippen LogP contribution in [0.1, 0.15) is 16.8 Å². The van der Waals surface area contributed by atoms with E-state index in [0.29, 0.717) is 6.54 Å². The third kappa shape index (κ3) is 4.34. The van der Waals surface area contributed by atoms with Gasteiger partial charge in [-0.3, -0.25) is 9.36 Å². The number of halogens is 1. The summed E-state index contributed by atoms with van der Waals surface area (Å²) in [4.78, 5) is 15.6. The molecule has 0 radical (unpaired) electrons. The number of thiophene rings is 1. The van der Waals surface area contributed by atoms with Gasteiger partial charge in [0.1, 0.15) is 22.8 Å². The van der Waals surface area contributed by atoms with Crippen LogP contribution in [-0.4, -0.2) is 39.1 Å². The van der Waals surface area contributed by atoms with Gasteiger partial charge >= 0.3 is 0 Å². The lowest BCUT2D eigenvalue weighted by Gasteiger charge is -2.12. The predicted octanol–water partition coefficient (Wildman–Crippen LogP) is 5.83. The molecule has 0 atom stereocenters. The molecule has 5 aromatic heterocycles.